The predicted octanol–water partition coefficient (Wildman–Crippen LogP) is 4.65. The largest absolute Gasteiger partial charge is 0.388 e. The number of hydrogen-bond acceptors (Lipinski definition) is 1. The molecule has 0 saturated heterocycles. The van der Waals surface area contributed by atoms with Gasteiger partial charge in [0.2, 0.25) is 0 Å². The zero-order valence-electron chi connectivity index (χ0n) is 10.5. The van der Waals surface area contributed by atoms with Gasteiger partial charge in [-0.3, -0.25) is 0 Å². The van der Waals surface area contributed by atoms with Crippen molar-refractivity contribution in [3.8, 4) is 0 Å². The summed E-state index contributed by atoms with van der Waals surface area (Å²) in [7, 11) is 0. The van der Waals surface area contributed by atoms with Crippen LogP contribution in [0.1, 0.15) is 55.8 Å². The van der Waals surface area contributed by atoms with Crippen molar-refractivity contribution in [3.63, 3.8) is 0 Å². The molecular formula is C15H21ClO. The average molecular weight is 253 g/mol. The molecule has 94 valence electrons. The first-order valence-electron chi connectivity index (χ1n) is 6.62. The third-order valence-corrected chi connectivity index (χ3v) is 3.97. The fraction of sp³-hybridized carbons (Fsp3) is 0.600. The van der Waals surface area contributed by atoms with Crippen LogP contribution in [-0.2, 0) is 0 Å². The maximum atomic E-state index is 10.5. The van der Waals surface area contributed by atoms with Gasteiger partial charge in [-0.15, -0.1) is 0 Å². The Morgan fingerprint density at radius 1 is 1.12 bits per heavy atom. The molecule has 1 aliphatic carbocycles. The molecule has 1 saturated carbocycles. The fourth-order valence-electron chi connectivity index (χ4n) is 2.83. The van der Waals surface area contributed by atoms with Crippen LogP contribution in [0.2, 0.25) is 5.02 Å². The second kappa shape index (κ2) is 5.88. The van der Waals surface area contributed by atoms with Gasteiger partial charge >= 0.3 is 0 Å². The molecule has 17 heavy (non-hydrogen) atoms. The molecule has 0 aromatic heterocycles. The summed E-state index contributed by atoms with van der Waals surface area (Å²) in [5.74, 6) is 0.412. The van der Waals surface area contributed by atoms with E-state index in [0.29, 0.717) is 5.92 Å². The lowest BCUT2D eigenvalue weighted by molar-refractivity contribution is 0.0987. The maximum absolute atomic E-state index is 10.5. The summed E-state index contributed by atoms with van der Waals surface area (Å²) < 4.78 is 0. The molecule has 1 unspecified atom stereocenters. The lowest BCUT2D eigenvalue weighted by Gasteiger charge is -2.22. The van der Waals surface area contributed by atoms with Crippen LogP contribution in [0.15, 0.2) is 18.2 Å². The second-order valence-electron chi connectivity index (χ2n) is 5.26. The number of aliphatic hydroxyl groups excluding tert-OH is 1. The van der Waals surface area contributed by atoms with E-state index in [9.17, 15) is 5.11 Å². The molecule has 0 aliphatic heterocycles. The van der Waals surface area contributed by atoms with E-state index in [1.807, 2.05) is 19.1 Å². The minimum Gasteiger partial charge on any atom is -0.388 e. The Morgan fingerprint density at radius 3 is 2.35 bits per heavy atom. The minimum absolute atomic E-state index is 0.342. The Bertz CT molecular complexity index is 347. The van der Waals surface area contributed by atoms with Crippen molar-refractivity contribution in [2.75, 3.05) is 0 Å². The topological polar surface area (TPSA) is 20.2 Å². The zero-order valence-corrected chi connectivity index (χ0v) is 11.2. The molecule has 0 amide bonds. The molecule has 1 aliphatic rings. The summed E-state index contributed by atoms with van der Waals surface area (Å²) >= 11 is 6.05. The molecule has 1 fully saturated rings. The molecule has 0 radical (unpaired) electrons. The third-order valence-electron chi connectivity index (χ3n) is 3.75. The smallest absolute Gasteiger partial charge is 0.0818 e. The van der Waals surface area contributed by atoms with Gasteiger partial charge in [-0.25, -0.2) is 0 Å². The van der Waals surface area contributed by atoms with Crippen molar-refractivity contribution in [2.45, 2.75) is 51.6 Å². The van der Waals surface area contributed by atoms with E-state index in [0.717, 1.165) is 29.0 Å². The molecule has 1 nitrogen and oxygen atoms in total. The summed E-state index contributed by atoms with van der Waals surface area (Å²) in [6.45, 7) is 2.02. The first-order valence-corrected chi connectivity index (χ1v) is 7.00. The predicted molar refractivity (Wildman–Crippen MR) is 72.3 cm³/mol. The van der Waals surface area contributed by atoms with Crippen LogP contribution < -0.4 is 0 Å². The molecular weight excluding hydrogens is 232 g/mol. The number of halogens is 1. The SMILES string of the molecule is Cc1cc(Cl)cc(C(O)C2CCCCCC2)c1. The molecule has 1 aromatic carbocycles. The van der Waals surface area contributed by atoms with Crippen molar-refractivity contribution >= 4 is 11.6 Å². The van der Waals surface area contributed by atoms with E-state index in [1.165, 1.54) is 25.7 Å². The highest BCUT2D eigenvalue weighted by Crippen LogP contribution is 2.34. The van der Waals surface area contributed by atoms with Crippen molar-refractivity contribution in [1.29, 1.82) is 0 Å². The summed E-state index contributed by atoms with van der Waals surface area (Å²) in [6, 6.07) is 5.90. The number of hydrogen-bond donors (Lipinski definition) is 1. The van der Waals surface area contributed by atoms with E-state index in [1.54, 1.807) is 0 Å². The normalized spacial score (nSPS) is 19.9. The van der Waals surface area contributed by atoms with E-state index < -0.39 is 0 Å². The van der Waals surface area contributed by atoms with Gasteiger partial charge in [-0.1, -0.05) is 43.4 Å². The van der Waals surface area contributed by atoms with E-state index >= 15 is 0 Å². The van der Waals surface area contributed by atoms with Crippen LogP contribution in [0.3, 0.4) is 0 Å². The first kappa shape index (κ1) is 12.9. The highest BCUT2D eigenvalue weighted by atomic mass is 35.5. The molecule has 1 atom stereocenters. The van der Waals surface area contributed by atoms with Gasteiger partial charge in [0.1, 0.15) is 0 Å². The standard InChI is InChI=1S/C15H21ClO/c1-11-8-13(10-14(16)9-11)15(17)12-6-4-2-3-5-7-12/h8-10,12,15,17H,2-7H2,1H3. The summed E-state index contributed by atoms with van der Waals surface area (Å²) in [5.41, 5.74) is 2.11. The van der Waals surface area contributed by atoms with Crippen LogP contribution in [0.4, 0.5) is 0 Å². The van der Waals surface area contributed by atoms with Crippen LogP contribution >= 0.6 is 11.6 Å². The summed E-state index contributed by atoms with van der Waals surface area (Å²) in [5, 5.41) is 11.2. The molecule has 0 heterocycles. The Labute approximate surface area is 109 Å². The minimum atomic E-state index is -0.342. The van der Waals surface area contributed by atoms with Crippen LogP contribution in [0.25, 0.3) is 0 Å². The van der Waals surface area contributed by atoms with Gasteiger partial charge in [0, 0.05) is 5.02 Å². The van der Waals surface area contributed by atoms with Crippen LogP contribution in [-0.4, -0.2) is 5.11 Å². The van der Waals surface area contributed by atoms with Crippen molar-refractivity contribution in [1.82, 2.24) is 0 Å². The quantitative estimate of drug-likeness (QED) is 0.760. The number of benzene rings is 1. The Kier molecular flexibility index (Phi) is 4.47. The Balaban J connectivity index is 2.14. The first-order chi connectivity index (χ1) is 8.16. The third kappa shape index (κ3) is 3.46. The lowest BCUT2D eigenvalue weighted by Crippen LogP contribution is -2.12. The van der Waals surface area contributed by atoms with Crippen LogP contribution in [0, 0.1) is 12.8 Å². The highest BCUT2D eigenvalue weighted by Gasteiger charge is 2.22. The van der Waals surface area contributed by atoms with Gasteiger partial charge in [-0.05, 0) is 48.9 Å². The highest BCUT2D eigenvalue weighted by molar-refractivity contribution is 6.30. The van der Waals surface area contributed by atoms with Crippen molar-refractivity contribution in [2.24, 2.45) is 5.92 Å². The zero-order chi connectivity index (χ0) is 12.3. The summed E-state index contributed by atoms with van der Waals surface area (Å²) in [6.07, 6.45) is 7.09. The van der Waals surface area contributed by atoms with Crippen molar-refractivity contribution < 1.29 is 5.11 Å². The molecule has 0 bridgehead atoms. The van der Waals surface area contributed by atoms with Gasteiger partial charge in [0.25, 0.3) is 0 Å². The number of aliphatic hydroxyl groups is 1. The second-order valence-corrected chi connectivity index (χ2v) is 5.69. The molecule has 1 aromatic rings. The fourth-order valence-corrected chi connectivity index (χ4v) is 3.13. The van der Waals surface area contributed by atoms with Gasteiger partial charge < -0.3 is 5.11 Å². The maximum Gasteiger partial charge on any atom is 0.0818 e. The molecule has 0 spiro atoms. The van der Waals surface area contributed by atoms with E-state index in [2.05, 4.69) is 6.07 Å². The monoisotopic (exact) mass is 252 g/mol. The average Bonchev–Trinajstić information content (AvgIpc) is 2.55. The van der Waals surface area contributed by atoms with Crippen molar-refractivity contribution in [3.05, 3.63) is 34.3 Å². The molecule has 2 heteroatoms. The lowest BCUT2D eigenvalue weighted by atomic mass is 9.89. The van der Waals surface area contributed by atoms with Crippen LogP contribution in [0.5, 0.6) is 0 Å². The molecule has 1 N–H and O–H groups in total. The number of rotatable bonds is 2. The van der Waals surface area contributed by atoms with E-state index in [4.69, 9.17) is 11.6 Å². The van der Waals surface area contributed by atoms with Gasteiger partial charge in [0.05, 0.1) is 6.10 Å². The van der Waals surface area contributed by atoms with Gasteiger partial charge in [0.15, 0.2) is 0 Å². The Morgan fingerprint density at radius 2 is 1.76 bits per heavy atom. The number of aryl methyl sites for hydroxylation is 1. The summed E-state index contributed by atoms with van der Waals surface area (Å²) in [4.78, 5) is 0. The Hall–Kier alpha value is -0.530. The van der Waals surface area contributed by atoms with Gasteiger partial charge in [-0.2, -0.15) is 0 Å². The van der Waals surface area contributed by atoms with E-state index in [-0.39, 0.29) is 6.10 Å². The molecule has 2 rings (SSSR count).